The second kappa shape index (κ2) is 6.74. The van der Waals surface area contributed by atoms with Gasteiger partial charge in [0.25, 0.3) is 0 Å². The zero-order valence-corrected chi connectivity index (χ0v) is 14.1. The van der Waals surface area contributed by atoms with Crippen molar-refractivity contribution in [2.75, 3.05) is 7.11 Å². The summed E-state index contributed by atoms with van der Waals surface area (Å²) in [6.07, 6.45) is -2.33. The third-order valence-corrected chi connectivity index (χ3v) is 4.12. The number of benzene rings is 2. The number of phenolic OH excluding ortho intramolecular Hbond substituents is 1. The summed E-state index contributed by atoms with van der Waals surface area (Å²) in [7, 11) is 1.51. The quantitative estimate of drug-likeness (QED) is 0.683. The molecule has 0 saturated carbocycles. The van der Waals surface area contributed by atoms with Gasteiger partial charge in [0.15, 0.2) is 5.76 Å². The molecule has 3 aromatic rings. The topological polar surface area (TPSA) is 55.5 Å². The second-order valence-electron chi connectivity index (χ2n) is 5.68. The maximum Gasteiger partial charge on any atom is 0.416 e. The SMILES string of the molecule is CCc1cc(-c2oncc2-c2ccc(C(F)(F)F)cc2)c(O)cc1OC. The van der Waals surface area contributed by atoms with Gasteiger partial charge in [-0.3, -0.25) is 0 Å². The number of alkyl halides is 3. The van der Waals surface area contributed by atoms with E-state index in [2.05, 4.69) is 5.16 Å². The highest BCUT2D eigenvalue weighted by molar-refractivity contribution is 5.82. The van der Waals surface area contributed by atoms with E-state index in [1.54, 1.807) is 6.07 Å². The van der Waals surface area contributed by atoms with Crippen LogP contribution in [0.5, 0.6) is 11.5 Å². The number of aromatic nitrogens is 1. The fourth-order valence-corrected chi connectivity index (χ4v) is 2.74. The van der Waals surface area contributed by atoms with E-state index in [9.17, 15) is 18.3 Å². The molecule has 1 aromatic heterocycles. The van der Waals surface area contributed by atoms with E-state index in [1.807, 2.05) is 6.92 Å². The molecule has 7 heteroatoms. The number of halogens is 3. The van der Waals surface area contributed by atoms with Gasteiger partial charge >= 0.3 is 6.18 Å². The molecule has 0 amide bonds. The molecule has 0 spiro atoms. The lowest BCUT2D eigenvalue weighted by atomic mass is 9.98. The van der Waals surface area contributed by atoms with Crippen LogP contribution in [0.3, 0.4) is 0 Å². The largest absolute Gasteiger partial charge is 0.507 e. The Morgan fingerprint density at radius 3 is 2.38 bits per heavy atom. The van der Waals surface area contributed by atoms with E-state index in [4.69, 9.17) is 9.26 Å². The molecule has 3 rings (SSSR count). The Hall–Kier alpha value is -2.96. The van der Waals surface area contributed by atoms with Crippen LogP contribution in [0.25, 0.3) is 22.5 Å². The first-order valence-electron chi connectivity index (χ1n) is 7.87. The van der Waals surface area contributed by atoms with Crippen LogP contribution in [0.1, 0.15) is 18.1 Å². The molecular weight excluding hydrogens is 347 g/mol. The molecule has 2 aromatic carbocycles. The van der Waals surface area contributed by atoms with Gasteiger partial charge in [-0.15, -0.1) is 0 Å². The first-order valence-corrected chi connectivity index (χ1v) is 7.87. The van der Waals surface area contributed by atoms with Crippen molar-refractivity contribution >= 4 is 0 Å². The van der Waals surface area contributed by atoms with Crippen LogP contribution in [0.4, 0.5) is 13.2 Å². The van der Waals surface area contributed by atoms with Crippen LogP contribution in [0.15, 0.2) is 47.1 Å². The Morgan fingerprint density at radius 2 is 1.81 bits per heavy atom. The van der Waals surface area contributed by atoms with Crippen LogP contribution in [0, 0.1) is 0 Å². The average molecular weight is 363 g/mol. The van der Waals surface area contributed by atoms with Crippen molar-refractivity contribution < 1.29 is 27.5 Å². The van der Waals surface area contributed by atoms with Gasteiger partial charge in [-0.1, -0.05) is 24.2 Å². The average Bonchev–Trinajstić information content (AvgIpc) is 3.10. The fraction of sp³-hybridized carbons (Fsp3) is 0.211. The number of nitrogens with zero attached hydrogens (tertiary/aromatic N) is 1. The van der Waals surface area contributed by atoms with Gasteiger partial charge < -0.3 is 14.4 Å². The molecule has 26 heavy (non-hydrogen) atoms. The monoisotopic (exact) mass is 363 g/mol. The Balaban J connectivity index is 2.07. The molecule has 0 atom stereocenters. The highest BCUT2D eigenvalue weighted by Crippen LogP contribution is 2.41. The molecule has 136 valence electrons. The van der Waals surface area contributed by atoms with Crippen molar-refractivity contribution in [3.63, 3.8) is 0 Å². The Morgan fingerprint density at radius 1 is 1.12 bits per heavy atom. The van der Waals surface area contributed by atoms with Crippen molar-refractivity contribution in [1.82, 2.24) is 5.16 Å². The third-order valence-electron chi connectivity index (χ3n) is 4.12. The zero-order chi connectivity index (χ0) is 18.9. The summed E-state index contributed by atoms with van der Waals surface area (Å²) >= 11 is 0. The number of rotatable bonds is 4. The molecule has 0 bridgehead atoms. The van der Waals surface area contributed by atoms with E-state index in [-0.39, 0.29) is 11.5 Å². The summed E-state index contributed by atoms with van der Waals surface area (Å²) in [5, 5.41) is 14.1. The molecule has 0 radical (unpaired) electrons. The maximum atomic E-state index is 12.7. The Kier molecular flexibility index (Phi) is 4.63. The normalized spacial score (nSPS) is 11.6. The van der Waals surface area contributed by atoms with E-state index in [0.717, 1.165) is 17.7 Å². The minimum absolute atomic E-state index is 0.0658. The summed E-state index contributed by atoms with van der Waals surface area (Å²) in [6, 6.07) is 7.89. The van der Waals surface area contributed by atoms with Crippen LogP contribution in [-0.2, 0) is 12.6 Å². The Labute approximate surface area is 147 Å². The van der Waals surface area contributed by atoms with Crippen molar-refractivity contribution in [3.8, 4) is 33.9 Å². The van der Waals surface area contributed by atoms with Crippen LogP contribution in [0.2, 0.25) is 0 Å². The molecule has 0 saturated heterocycles. The lowest BCUT2D eigenvalue weighted by Gasteiger charge is -2.11. The smallest absolute Gasteiger partial charge is 0.416 e. The molecule has 0 aliphatic carbocycles. The molecule has 0 aliphatic rings. The molecule has 0 aliphatic heterocycles. The summed E-state index contributed by atoms with van der Waals surface area (Å²) in [4.78, 5) is 0. The number of hydrogen-bond donors (Lipinski definition) is 1. The number of aryl methyl sites for hydroxylation is 1. The molecule has 0 unspecified atom stereocenters. The van der Waals surface area contributed by atoms with E-state index in [0.29, 0.717) is 28.9 Å². The number of aromatic hydroxyl groups is 1. The first kappa shape index (κ1) is 17.8. The van der Waals surface area contributed by atoms with Crippen LogP contribution < -0.4 is 4.74 Å². The highest BCUT2D eigenvalue weighted by Gasteiger charge is 2.30. The van der Waals surface area contributed by atoms with Crippen molar-refractivity contribution in [2.24, 2.45) is 0 Å². The minimum atomic E-state index is -4.40. The first-order chi connectivity index (χ1) is 12.3. The standard InChI is InChI=1S/C19H16F3NO3/c1-3-11-8-14(16(24)9-17(11)25-2)18-15(10-23-26-18)12-4-6-13(7-5-12)19(20,21)22/h4-10,24H,3H2,1-2H3. The maximum absolute atomic E-state index is 12.7. The van der Waals surface area contributed by atoms with Crippen LogP contribution in [-0.4, -0.2) is 17.4 Å². The van der Waals surface area contributed by atoms with E-state index < -0.39 is 11.7 Å². The van der Waals surface area contributed by atoms with Crippen LogP contribution >= 0.6 is 0 Å². The highest BCUT2D eigenvalue weighted by atomic mass is 19.4. The summed E-state index contributed by atoms with van der Waals surface area (Å²) in [5.41, 5.74) is 1.51. The van der Waals surface area contributed by atoms with Gasteiger partial charge in [-0.2, -0.15) is 13.2 Å². The van der Waals surface area contributed by atoms with Gasteiger partial charge in [0.1, 0.15) is 11.5 Å². The fourth-order valence-electron chi connectivity index (χ4n) is 2.74. The van der Waals surface area contributed by atoms with Gasteiger partial charge in [-0.05, 0) is 35.7 Å². The lowest BCUT2D eigenvalue weighted by molar-refractivity contribution is -0.137. The van der Waals surface area contributed by atoms with E-state index >= 15 is 0 Å². The molecule has 4 nitrogen and oxygen atoms in total. The van der Waals surface area contributed by atoms with Crippen molar-refractivity contribution in [2.45, 2.75) is 19.5 Å². The number of hydrogen-bond acceptors (Lipinski definition) is 4. The third kappa shape index (κ3) is 3.24. The molecule has 1 heterocycles. The summed E-state index contributed by atoms with van der Waals surface area (Å²) in [5.74, 6) is 0.757. The number of methoxy groups -OCH3 is 1. The van der Waals surface area contributed by atoms with E-state index in [1.165, 1.54) is 31.5 Å². The predicted molar refractivity (Wildman–Crippen MR) is 90.0 cm³/mol. The predicted octanol–water partition coefficient (Wildman–Crippen LogP) is 5.30. The molecule has 1 N–H and O–H groups in total. The molecule has 0 fully saturated rings. The van der Waals surface area contributed by atoms with Gasteiger partial charge in [-0.25, -0.2) is 0 Å². The second-order valence-corrected chi connectivity index (χ2v) is 5.68. The van der Waals surface area contributed by atoms with Crippen molar-refractivity contribution in [3.05, 3.63) is 53.7 Å². The van der Waals surface area contributed by atoms with Gasteiger partial charge in [0.05, 0.1) is 24.4 Å². The summed E-state index contributed by atoms with van der Waals surface area (Å²) in [6.45, 7) is 1.94. The lowest BCUT2D eigenvalue weighted by Crippen LogP contribution is -2.03. The van der Waals surface area contributed by atoms with Gasteiger partial charge in [0.2, 0.25) is 0 Å². The summed E-state index contributed by atoms with van der Waals surface area (Å²) < 4.78 is 48.7. The number of ether oxygens (including phenoxy) is 1. The minimum Gasteiger partial charge on any atom is -0.507 e. The zero-order valence-electron chi connectivity index (χ0n) is 14.1. The number of phenols is 1. The van der Waals surface area contributed by atoms with Crippen molar-refractivity contribution in [1.29, 1.82) is 0 Å². The van der Waals surface area contributed by atoms with Gasteiger partial charge in [0, 0.05) is 11.6 Å². The Bertz CT molecular complexity index is 915. The molecular formula is C19H16F3NO3.